The maximum absolute atomic E-state index is 7.22. The first-order valence-corrected chi connectivity index (χ1v) is 17.2. The third kappa shape index (κ3) is 5.30. The van der Waals surface area contributed by atoms with Gasteiger partial charge in [0.2, 0.25) is 0 Å². The van der Waals surface area contributed by atoms with Crippen LogP contribution in [0.25, 0.3) is 0 Å². The van der Waals surface area contributed by atoms with Crippen molar-refractivity contribution in [3.8, 4) is 11.5 Å². The molecule has 0 bridgehead atoms. The van der Waals surface area contributed by atoms with Crippen LogP contribution in [0.1, 0.15) is 6.92 Å². The predicted octanol–water partition coefficient (Wildman–Crippen LogP) is 7.98. The van der Waals surface area contributed by atoms with Crippen LogP contribution in [0.15, 0.2) is 170 Å². The van der Waals surface area contributed by atoms with E-state index in [2.05, 4.69) is 182 Å². The van der Waals surface area contributed by atoms with E-state index in [4.69, 9.17) is 4.74 Å². The highest BCUT2D eigenvalue weighted by Crippen LogP contribution is 2.51. The molecule has 0 aliphatic carbocycles. The number of fused-ring (bicyclic) bond motifs is 2. The number of hydrogen-bond acceptors (Lipinski definition) is 2. The monoisotopic (exact) mass is 591 g/mol. The molecule has 1 heterocycles. The average molecular weight is 592 g/mol. The molecule has 1 aliphatic heterocycles. The molecule has 0 atom stereocenters. The number of nitrogens with zero attached hydrogens (tertiary/aromatic N) is 1. The van der Waals surface area contributed by atoms with Gasteiger partial charge in [-0.25, -0.2) is 0 Å². The van der Waals surface area contributed by atoms with Gasteiger partial charge in [-0.05, 0) is 68.3 Å². The number of rotatable bonds is 7. The predicted molar refractivity (Wildman–Crippen MR) is 187 cm³/mol. The zero-order valence-electron chi connectivity index (χ0n) is 23.9. The number of ether oxygens (including phenoxy) is 1. The van der Waals surface area contributed by atoms with Crippen molar-refractivity contribution in [2.45, 2.75) is 6.92 Å². The van der Waals surface area contributed by atoms with Crippen LogP contribution in [0.4, 0.5) is 11.4 Å². The van der Waals surface area contributed by atoms with Crippen molar-refractivity contribution in [3.63, 3.8) is 0 Å². The molecule has 0 saturated heterocycles. The number of para-hydroxylation sites is 2. The lowest BCUT2D eigenvalue weighted by molar-refractivity contribution is 0.484. The lowest BCUT2D eigenvalue weighted by Gasteiger charge is -2.35. The minimum Gasteiger partial charge on any atom is -0.452 e. The zero-order chi connectivity index (χ0) is 29.0. The normalized spacial score (nSPS) is 12.3. The van der Waals surface area contributed by atoms with Gasteiger partial charge in [-0.1, -0.05) is 140 Å². The van der Waals surface area contributed by atoms with Crippen molar-refractivity contribution in [3.05, 3.63) is 170 Å². The van der Waals surface area contributed by atoms with Crippen LogP contribution < -0.4 is 41.5 Å². The van der Waals surface area contributed by atoms with Gasteiger partial charge in [0.1, 0.15) is 0 Å². The molecule has 0 unspecified atom stereocenters. The van der Waals surface area contributed by atoms with Crippen molar-refractivity contribution < 1.29 is 4.74 Å². The highest BCUT2D eigenvalue weighted by Gasteiger charge is 2.33. The summed E-state index contributed by atoms with van der Waals surface area (Å²) in [4.78, 5) is 2.30. The fourth-order valence-corrected chi connectivity index (χ4v) is 10.5. The smallest absolute Gasteiger partial charge is 0.159 e. The Balaban J connectivity index is 1.46. The Morgan fingerprint density at radius 3 is 1.12 bits per heavy atom. The first kappa shape index (κ1) is 27.4. The van der Waals surface area contributed by atoms with Crippen molar-refractivity contribution in [2.24, 2.45) is 0 Å². The fraction of sp³-hybridized carbons (Fsp3) is 0.0256. The van der Waals surface area contributed by atoms with Crippen LogP contribution in [0.5, 0.6) is 11.5 Å². The summed E-state index contributed by atoms with van der Waals surface area (Å²) in [6, 6.07) is 56.6. The van der Waals surface area contributed by atoms with Crippen LogP contribution in [0.3, 0.4) is 0 Å². The number of benzene rings is 6. The molecule has 208 valence electrons. The molecule has 6 aromatic rings. The molecule has 0 aromatic heterocycles. The molecule has 0 radical (unpaired) electrons. The van der Waals surface area contributed by atoms with E-state index in [9.17, 15) is 0 Å². The molecule has 1 aliphatic rings. The van der Waals surface area contributed by atoms with Gasteiger partial charge in [-0.15, -0.1) is 0 Å². The highest BCUT2D eigenvalue weighted by atomic mass is 31.1. The van der Waals surface area contributed by atoms with E-state index in [-0.39, 0.29) is 0 Å². The third-order valence-electron chi connectivity index (χ3n) is 7.51. The molecular formula is C39H31NOP2. The standard InChI is InChI=1S/C39H31NOP2/c1-2-29-40-34-25-15-27-36(42(30-17-7-3-8-18-30)31-19-9-4-10-20-31)38(34)41-39-35(40)26-16-28-37(39)43(32-21-11-5-12-22-32)33-23-13-6-14-24-33/h2-29H,1H3. The van der Waals surface area contributed by atoms with E-state index in [0.29, 0.717) is 0 Å². The summed E-state index contributed by atoms with van der Waals surface area (Å²) >= 11 is 0. The van der Waals surface area contributed by atoms with Crippen molar-refractivity contribution >= 4 is 59.0 Å². The van der Waals surface area contributed by atoms with Gasteiger partial charge >= 0.3 is 0 Å². The summed E-state index contributed by atoms with van der Waals surface area (Å²) in [6.45, 7) is 2.07. The Morgan fingerprint density at radius 2 is 0.791 bits per heavy atom. The van der Waals surface area contributed by atoms with Crippen LogP contribution in [0.2, 0.25) is 0 Å². The quantitative estimate of drug-likeness (QED) is 0.175. The number of hydrogen-bond donors (Lipinski definition) is 0. The van der Waals surface area contributed by atoms with Crippen LogP contribution in [-0.2, 0) is 0 Å². The molecule has 0 amide bonds. The molecular weight excluding hydrogens is 560 g/mol. The molecule has 7 rings (SSSR count). The van der Waals surface area contributed by atoms with Crippen molar-refractivity contribution in [1.29, 1.82) is 0 Å². The lowest BCUT2D eigenvalue weighted by Crippen LogP contribution is -2.28. The molecule has 2 nitrogen and oxygen atoms in total. The fourth-order valence-electron chi connectivity index (χ4n) is 5.67. The van der Waals surface area contributed by atoms with Gasteiger partial charge in [-0.2, -0.15) is 0 Å². The molecule has 6 aromatic carbocycles. The Hall–Kier alpha value is -4.48. The maximum atomic E-state index is 7.22. The number of allylic oxidation sites excluding steroid dienone is 1. The number of anilines is 2. The second-order valence-electron chi connectivity index (χ2n) is 10.2. The average Bonchev–Trinajstić information content (AvgIpc) is 3.07. The molecule has 0 saturated carbocycles. The second kappa shape index (κ2) is 12.4. The summed E-state index contributed by atoms with van der Waals surface area (Å²) in [5, 5.41) is 7.62. The Labute approximate surface area is 256 Å². The Kier molecular flexibility index (Phi) is 7.89. The highest BCUT2D eigenvalue weighted by molar-refractivity contribution is 7.80. The first-order chi connectivity index (χ1) is 21.3. The van der Waals surface area contributed by atoms with E-state index in [1.54, 1.807) is 0 Å². The molecule has 4 heteroatoms. The topological polar surface area (TPSA) is 12.5 Å². The van der Waals surface area contributed by atoms with Crippen molar-refractivity contribution in [2.75, 3.05) is 4.90 Å². The summed E-state index contributed by atoms with van der Waals surface area (Å²) in [5.41, 5.74) is 2.12. The van der Waals surface area contributed by atoms with Gasteiger partial charge < -0.3 is 9.64 Å². The summed E-state index contributed by atoms with van der Waals surface area (Å²) < 4.78 is 7.22. The van der Waals surface area contributed by atoms with Crippen LogP contribution >= 0.6 is 15.8 Å². The van der Waals surface area contributed by atoms with Gasteiger partial charge in [0, 0.05) is 16.8 Å². The molecule has 0 spiro atoms. The Bertz CT molecular complexity index is 1650. The van der Waals surface area contributed by atoms with Crippen LogP contribution in [-0.4, -0.2) is 0 Å². The third-order valence-corrected chi connectivity index (χ3v) is 12.4. The minimum atomic E-state index is -0.861. The van der Waals surface area contributed by atoms with E-state index in [1.165, 1.54) is 31.8 Å². The summed E-state index contributed by atoms with van der Waals surface area (Å²) in [5.74, 6) is 1.85. The van der Waals surface area contributed by atoms with E-state index < -0.39 is 15.8 Å². The minimum absolute atomic E-state index is 0.861. The van der Waals surface area contributed by atoms with Gasteiger partial charge in [0.05, 0.1) is 11.4 Å². The molecule has 0 N–H and O–H groups in total. The summed E-state index contributed by atoms with van der Waals surface area (Å²) in [7, 11) is -1.72. The molecule has 43 heavy (non-hydrogen) atoms. The van der Waals surface area contributed by atoms with E-state index >= 15 is 0 Å². The van der Waals surface area contributed by atoms with E-state index in [0.717, 1.165) is 22.9 Å². The van der Waals surface area contributed by atoms with Gasteiger partial charge in [0.25, 0.3) is 0 Å². The second-order valence-corrected chi connectivity index (χ2v) is 14.6. The Morgan fingerprint density at radius 1 is 0.442 bits per heavy atom. The van der Waals surface area contributed by atoms with Crippen molar-refractivity contribution in [1.82, 2.24) is 0 Å². The molecule has 0 fully saturated rings. The van der Waals surface area contributed by atoms with E-state index in [1.807, 2.05) is 0 Å². The summed E-state index contributed by atoms with van der Waals surface area (Å²) in [6.07, 6.45) is 4.26. The SMILES string of the molecule is CC=CN1c2cccc(P(c3ccccc3)c3ccccc3)c2Oc2c1cccc2P(c1ccccc1)c1ccccc1. The van der Waals surface area contributed by atoms with Crippen LogP contribution in [0, 0.1) is 0 Å². The van der Waals surface area contributed by atoms with Gasteiger partial charge in [0.15, 0.2) is 11.5 Å². The lowest BCUT2D eigenvalue weighted by atomic mass is 10.1. The van der Waals surface area contributed by atoms with Gasteiger partial charge in [-0.3, -0.25) is 0 Å². The largest absolute Gasteiger partial charge is 0.452 e. The first-order valence-electron chi connectivity index (χ1n) is 14.5. The zero-order valence-corrected chi connectivity index (χ0v) is 25.7. The maximum Gasteiger partial charge on any atom is 0.159 e.